The molecule has 0 unspecified atom stereocenters. The Labute approximate surface area is 149 Å². The van der Waals surface area contributed by atoms with Gasteiger partial charge < -0.3 is 4.90 Å². The van der Waals surface area contributed by atoms with Gasteiger partial charge in [-0.25, -0.2) is 4.39 Å². The molecule has 2 heterocycles. The number of halogens is 1. The maximum absolute atomic E-state index is 13.0. The van der Waals surface area contributed by atoms with Gasteiger partial charge in [0.15, 0.2) is 0 Å². The first-order chi connectivity index (χ1) is 11.9. The Bertz CT molecular complexity index is 645. The molecular weight excluding hydrogens is 317 g/mol. The van der Waals surface area contributed by atoms with E-state index in [2.05, 4.69) is 9.89 Å². The molecule has 25 heavy (non-hydrogen) atoms. The first-order valence-corrected chi connectivity index (χ1v) is 9.23. The highest BCUT2D eigenvalue weighted by Crippen LogP contribution is 2.28. The minimum Gasteiger partial charge on any atom is -0.303 e. The van der Waals surface area contributed by atoms with Gasteiger partial charge in [0, 0.05) is 6.54 Å². The number of benzene rings is 1. The normalized spacial score (nSPS) is 21.7. The van der Waals surface area contributed by atoms with Gasteiger partial charge in [-0.2, -0.15) is 0 Å². The van der Waals surface area contributed by atoms with Crippen LogP contribution in [0.1, 0.15) is 51.5 Å². The van der Waals surface area contributed by atoms with Crippen molar-refractivity contribution in [3.8, 4) is 0 Å². The van der Waals surface area contributed by atoms with Crippen molar-refractivity contribution in [3.05, 3.63) is 35.6 Å². The predicted molar refractivity (Wildman–Crippen MR) is 98.3 cm³/mol. The third-order valence-electron chi connectivity index (χ3n) is 5.39. The molecule has 0 bridgehead atoms. The largest absolute Gasteiger partial charge is 0.303 e. The molecule has 0 aliphatic carbocycles. The van der Waals surface area contributed by atoms with Crippen LogP contribution in [0.4, 0.5) is 4.39 Å². The van der Waals surface area contributed by atoms with Crippen molar-refractivity contribution in [2.24, 2.45) is 4.99 Å². The SMILES string of the molecule is CC1=NC(C)(C)C(=O)N1CCCN1CCC(c2ccc(F)cc2)CC1. The third kappa shape index (κ3) is 4.09. The highest BCUT2D eigenvalue weighted by molar-refractivity contribution is 6.06. The van der Waals surface area contributed by atoms with Crippen LogP contribution in [0, 0.1) is 5.82 Å². The molecule has 4 nitrogen and oxygen atoms in total. The lowest BCUT2D eigenvalue weighted by Crippen LogP contribution is -2.40. The molecule has 2 aliphatic rings. The summed E-state index contributed by atoms with van der Waals surface area (Å²) in [4.78, 5) is 21.1. The number of piperidine rings is 1. The number of carbonyl (C=O) groups excluding carboxylic acids is 1. The van der Waals surface area contributed by atoms with Crippen LogP contribution in [0.3, 0.4) is 0 Å². The van der Waals surface area contributed by atoms with Gasteiger partial charge in [0.1, 0.15) is 17.2 Å². The second-order valence-electron chi connectivity index (χ2n) is 7.70. The molecule has 136 valence electrons. The summed E-state index contributed by atoms with van der Waals surface area (Å²) in [6.45, 7) is 9.55. The summed E-state index contributed by atoms with van der Waals surface area (Å²) < 4.78 is 13.0. The third-order valence-corrected chi connectivity index (χ3v) is 5.39. The number of carbonyl (C=O) groups is 1. The van der Waals surface area contributed by atoms with Crippen LogP contribution in [-0.4, -0.2) is 53.3 Å². The molecule has 1 aromatic rings. The van der Waals surface area contributed by atoms with Crippen LogP contribution in [0.2, 0.25) is 0 Å². The number of amidine groups is 1. The molecule has 5 heteroatoms. The molecule has 0 aromatic heterocycles. The summed E-state index contributed by atoms with van der Waals surface area (Å²) in [5, 5.41) is 0. The van der Waals surface area contributed by atoms with E-state index in [0.29, 0.717) is 5.92 Å². The first kappa shape index (κ1) is 18.1. The Kier molecular flexibility index (Phi) is 5.23. The summed E-state index contributed by atoms with van der Waals surface area (Å²) in [5.74, 6) is 1.32. The van der Waals surface area contributed by atoms with Crippen LogP contribution >= 0.6 is 0 Å². The van der Waals surface area contributed by atoms with E-state index < -0.39 is 5.54 Å². The van der Waals surface area contributed by atoms with Gasteiger partial charge in [0.25, 0.3) is 5.91 Å². The summed E-state index contributed by atoms with van der Waals surface area (Å²) in [7, 11) is 0. The van der Waals surface area contributed by atoms with Gasteiger partial charge in [-0.05, 0) is 83.3 Å². The summed E-state index contributed by atoms with van der Waals surface area (Å²) >= 11 is 0. The van der Waals surface area contributed by atoms with Gasteiger partial charge in [-0.3, -0.25) is 14.7 Å². The number of likely N-dealkylation sites (tertiary alicyclic amines) is 1. The maximum atomic E-state index is 13.0. The average molecular weight is 345 g/mol. The van der Waals surface area contributed by atoms with Crippen LogP contribution in [-0.2, 0) is 4.79 Å². The first-order valence-electron chi connectivity index (χ1n) is 9.23. The molecule has 0 atom stereocenters. The molecule has 0 spiro atoms. The quantitative estimate of drug-likeness (QED) is 0.820. The van der Waals surface area contributed by atoms with Crippen LogP contribution in [0.25, 0.3) is 0 Å². The zero-order valence-corrected chi connectivity index (χ0v) is 15.5. The van der Waals surface area contributed by atoms with E-state index in [0.717, 1.165) is 51.3 Å². The fourth-order valence-electron chi connectivity index (χ4n) is 3.93. The molecule has 1 saturated heterocycles. The number of rotatable bonds is 5. The monoisotopic (exact) mass is 345 g/mol. The second-order valence-corrected chi connectivity index (χ2v) is 7.70. The smallest absolute Gasteiger partial charge is 0.255 e. The number of hydrogen-bond donors (Lipinski definition) is 0. The lowest BCUT2D eigenvalue weighted by Gasteiger charge is -2.32. The Morgan fingerprint density at radius 2 is 1.80 bits per heavy atom. The molecule has 0 saturated carbocycles. The molecular formula is C20H28FN3O. The molecule has 0 N–H and O–H groups in total. The molecule has 3 rings (SSSR count). The fourth-order valence-corrected chi connectivity index (χ4v) is 3.93. The average Bonchev–Trinajstić information content (AvgIpc) is 2.78. The zero-order chi connectivity index (χ0) is 18.0. The van der Waals surface area contributed by atoms with E-state index in [1.165, 1.54) is 5.56 Å². The second kappa shape index (κ2) is 7.24. The van der Waals surface area contributed by atoms with Crippen molar-refractivity contribution in [2.45, 2.75) is 51.5 Å². The molecule has 1 fully saturated rings. The van der Waals surface area contributed by atoms with E-state index >= 15 is 0 Å². The standard InChI is InChI=1S/C20H28FN3O/c1-15-22-20(2,3)19(25)24(15)12-4-11-23-13-9-17(10-14-23)16-5-7-18(21)8-6-16/h5-8,17H,4,9-14H2,1-3H3. The summed E-state index contributed by atoms with van der Waals surface area (Å²) in [6.07, 6.45) is 3.19. The molecule has 2 aliphatic heterocycles. The van der Waals surface area contributed by atoms with E-state index in [-0.39, 0.29) is 11.7 Å². The van der Waals surface area contributed by atoms with Crippen molar-refractivity contribution in [1.82, 2.24) is 9.80 Å². The minimum absolute atomic E-state index is 0.111. The lowest BCUT2D eigenvalue weighted by atomic mass is 9.89. The fraction of sp³-hybridized carbons (Fsp3) is 0.600. The van der Waals surface area contributed by atoms with E-state index in [1.807, 2.05) is 37.8 Å². The van der Waals surface area contributed by atoms with Crippen molar-refractivity contribution in [1.29, 1.82) is 0 Å². The van der Waals surface area contributed by atoms with Gasteiger partial charge in [0.2, 0.25) is 0 Å². The highest BCUT2D eigenvalue weighted by atomic mass is 19.1. The van der Waals surface area contributed by atoms with Gasteiger partial charge in [0.05, 0.1) is 0 Å². The molecule has 0 radical (unpaired) electrons. The van der Waals surface area contributed by atoms with E-state index in [4.69, 9.17) is 0 Å². The van der Waals surface area contributed by atoms with Crippen molar-refractivity contribution in [3.63, 3.8) is 0 Å². The predicted octanol–water partition coefficient (Wildman–Crippen LogP) is 3.43. The minimum atomic E-state index is -0.600. The number of aliphatic imine (C=N–C) groups is 1. The molecule has 1 amide bonds. The summed E-state index contributed by atoms with van der Waals surface area (Å²) in [5.41, 5.74) is 0.648. The van der Waals surface area contributed by atoms with Gasteiger partial charge in [-0.1, -0.05) is 12.1 Å². The van der Waals surface area contributed by atoms with Crippen molar-refractivity contribution >= 4 is 11.7 Å². The maximum Gasteiger partial charge on any atom is 0.255 e. The van der Waals surface area contributed by atoms with Gasteiger partial charge >= 0.3 is 0 Å². The summed E-state index contributed by atoms with van der Waals surface area (Å²) in [6, 6.07) is 6.94. The topological polar surface area (TPSA) is 35.9 Å². The van der Waals surface area contributed by atoms with Crippen LogP contribution in [0.15, 0.2) is 29.3 Å². The zero-order valence-electron chi connectivity index (χ0n) is 15.5. The lowest BCUT2D eigenvalue weighted by molar-refractivity contribution is -0.130. The van der Waals surface area contributed by atoms with Gasteiger partial charge in [-0.15, -0.1) is 0 Å². The van der Waals surface area contributed by atoms with Crippen molar-refractivity contribution in [2.75, 3.05) is 26.2 Å². The van der Waals surface area contributed by atoms with E-state index in [1.54, 1.807) is 12.1 Å². The van der Waals surface area contributed by atoms with Crippen LogP contribution < -0.4 is 0 Å². The Balaban J connectivity index is 1.42. The van der Waals surface area contributed by atoms with Crippen molar-refractivity contribution < 1.29 is 9.18 Å². The molecule has 1 aromatic carbocycles. The number of amides is 1. The van der Waals surface area contributed by atoms with Crippen LogP contribution in [0.5, 0.6) is 0 Å². The van der Waals surface area contributed by atoms with E-state index in [9.17, 15) is 9.18 Å². The Morgan fingerprint density at radius 3 is 2.36 bits per heavy atom. The Morgan fingerprint density at radius 1 is 1.16 bits per heavy atom. The highest BCUT2D eigenvalue weighted by Gasteiger charge is 2.38. The number of nitrogens with zero attached hydrogens (tertiary/aromatic N) is 3. The Hall–Kier alpha value is -1.75. The number of hydrogen-bond acceptors (Lipinski definition) is 3.